The number of hydrogen-bond acceptors (Lipinski definition) is 4. The molecule has 6 heteroatoms. The van der Waals surface area contributed by atoms with Crippen molar-refractivity contribution < 1.29 is 9.72 Å². The van der Waals surface area contributed by atoms with Gasteiger partial charge in [0.15, 0.2) is 0 Å². The minimum atomic E-state index is -0.482. The van der Waals surface area contributed by atoms with Crippen LogP contribution in [0.4, 0.5) is 5.69 Å². The fourth-order valence-corrected chi connectivity index (χ4v) is 2.59. The number of hydrogen-bond donors (Lipinski definition) is 1. The highest BCUT2D eigenvalue weighted by Gasteiger charge is 2.15. The molecular weight excluding hydrogens is 330 g/mol. The molecule has 2 rings (SSSR count). The summed E-state index contributed by atoms with van der Waals surface area (Å²) in [6, 6.07) is 14.2. The van der Waals surface area contributed by atoms with E-state index in [4.69, 9.17) is 0 Å². The Morgan fingerprint density at radius 1 is 1.15 bits per heavy atom. The van der Waals surface area contributed by atoms with E-state index in [1.807, 2.05) is 24.3 Å². The molecule has 1 atom stereocenters. The van der Waals surface area contributed by atoms with Gasteiger partial charge in [0, 0.05) is 6.07 Å². The number of hydrazone groups is 1. The SMILES string of the molecule is CC(C)Cc1ccc(C(C)C(=O)N/N=C/c2ccccc2[N+](=O)[O-])cc1. The van der Waals surface area contributed by atoms with E-state index in [0.29, 0.717) is 11.5 Å². The second-order valence-corrected chi connectivity index (χ2v) is 6.61. The number of amides is 1. The van der Waals surface area contributed by atoms with E-state index in [0.717, 1.165) is 12.0 Å². The Balaban J connectivity index is 2.00. The van der Waals surface area contributed by atoms with E-state index in [-0.39, 0.29) is 17.5 Å². The van der Waals surface area contributed by atoms with Crippen molar-refractivity contribution in [3.63, 3.8) is 0 Å². The zero-order valence-corrected chi connectivity index (χ0v) is 15.2. The predicted molar refractivity (Wildman–Crippen MR) is 102 cm³/mol. The maximum atomic E-state index is 12.3. The summed E-state index contributed by atoms with van der Waals surface area (Å²) >= 11 is 0. The topological polar surface area (TPSA) is 84.6 Å². The summed E-state index contributed by atoms with van der Waals surface area (Å²) in [6.45, 7) is 6.13. The summed E-state index contributed by atoms with van der Waals surface area (Å²) in [5.74, 6) is -0.0552. The number of nitrogens with zero attached hydrogens (tertiary/aromatic N) is 2. The molecule has 2 aromatic carbocycles. The number of nitro groups is 1. The highest BCUT2D eigenvalue weighted by molar-refractivity contribution is 5.88. The van der Waals surface area contributed by atoms with Crippen molar-refractivity contribution in [2.24, 2.45) is 11.0 Å². The molecule has 0 aliphatic rings. The third-order valence-electron chi connectivity index (χ3n) is 4.03. The maximum Gasteiger partial charge on any atom is 0.278 e. The lowest BCUT2D eigenvalue weighted by Crippen LogP contribution is -2.23. The Kier molecular flexibility index (Phi) is 6.60. The summed E-state index contributed by atoms with van der Waals surface area (Å²) in [6.07, 6.45) is 2.29. The summed E-state index contributed by atoms with van der Waals surface area (Å²) in [5, 5.41) is 14.8. The number of benzene rings is 2. The molecule has 26 heavy (non-hydrogen) atoms. The Hall–Kier alpha value is -3.02. The summed E-state index contributed by atoms with van der Waals surface area (Å²) < 4.78 is 0. The number of carbonyl (C=O) groups excluding carboxylic acids is 1. The van der Waals surface area contributed by atoms with E-state index in [1.165, 1.54) is 17.8 Å². The van der Waals surface area contributed by atoms with Gasteiger partial charge < -0.3 is 0 Å². The van der Waals surface area contributed by atoms with Crippen LogP contribution in [0.3, 0.4) is 0 Å². The van der Waals surface area contributed by atoms with Gasteiger partial charge in [0.1, 0.15) is 0 Å². The molecule has 0 spiro atoms. The average molecular weight is 353 g/mol. The molecule has 0 heterocycles. The third-order valence-corrected chi connectivity index (χ3v) is 4.03. The van der Waals surface area contributed by atoms with Crippen molar-refractivity contribution in [2.45, 2.75) is 33.1 Å². The maximum absolute atomic E-state index is 12.3. The zero-order valence-electron chi connectivity index (χ0n) is 15.2. The van der Waals surface area contributed by atoms with E-state index in [2.05, 4.69) is 24.4 Å². The highest BCUT2D eigenvalue weighted by atomic mass is 16.6. The molecule has 0 bridgehead atoms. The van der Waals surface area contributed by atoms with Crippen molar-refractivity contribution in [3.05, 3.63) is 75.3 Å². The van der Waals surface area contributed by atoms with Gasteiger partial charge in [-0.3, -0.25) is 14.9 Å². The first-order valence-corrected chi connectivity index (χ1v) is 8.53. The summed E-state index contributed by atoms with van der Waals surface area (Å²) in [5.41, 5.74) is 4.87. The third kappa shape index (κ3) is 5.24. The van der Waals surface area contributed by atoms with Gasteiger partial charge >= 0.3 is 0 Å². The molecule has 1 N–H and O–H groups in total. The van der Waals surface area contributed by atoms with Crippen LogP contribution in [0.1, 0.15) is 43.4 Å². The van der Waals surface area contributed by atoms with Crippen LogP contribution in [0.15, 0.2) is 53.6 Å². The number of nitrogens with one attached hydrogen (secondary N) is 1. The van der Waals surface area contributed by atoms with Gasteiger partial charge in [0.2, 0.25) is 5.91 Å². The first-order valence-electron chi connectivity index (χ1n) is 8.53. The second kappa shape index (κ2) is 8.89. The van der Waals surface area contributed by atoms with Gasteiger partial charge in [-0.1, -0.05) is 50.2 Å². The van der Waals surface area contributed by atoms with Crippen molar-refractivity contribution in [1.29, 1.82) is 0 Å². The number of para-hydroxylation sites is 1. The van der Waals surface area contributed by atoms with Gasteiger partial charge in [0.25, 0.3) is 5.69 Å². The number of nitro benzene ring substituents is 1. The first-order chi connectivity index (χ1) is 12.4. The fraction of sp³-hybridized carbons (Fsp3) is 0.300. The molecule has 0 aromatic heterocycles. The Labute approximate surface area is 153 Å². The molecule has 0 aliphatic carbocycles. The van der Waals surface area contributed by atoms with Gasteiger partial charge in [-0.05, 0) is 36.5 Å². The Morgan fingerprint density at radius 3 is 2.42 bits per heavy atom. The minimum absolute atomic E-state index is 0.0562. The lowest BCUT2D eigenvalue weighted by molar-refractivity contribution is -0.385. The van der Waals surface area contributed by atoms with Gasteiger partial charge in [-0.15, -0.1) is 0 Å². The van der Waals surface area contributed by atoms with Gasteiger partial charge in [-0.2, -0.15) is 5.10 Å². The standard InChI is InChI=1S/C20H23N3O3/c1-14(2)12-16-8-10-17(11-9-16)15(3)20(24)22-21-13-18-6-4-5-7-19(18)23(25)26/h4-11,13-15H,12H2,1-3H3,(H,22,24)/b21-13+. The molecule has 1 unspecified atom stereocenters. The van der Waals surface area contributed by atoms with Crippen molar-refractivity contribution >= 4 is 17.8 Å². The molecule has 0 aliphatic heterocycles. The molecule has 136 valence electrons. The second-order valence-electron chi connectivity index (χ2n) is 6.61. The van der Waals surface area contributed by atoms with Crippen LogP contribution >= 0.6 is 0 Å². The van der Waals surface area contributed by atoms with Crippen LogP contribution in [0.2, 0.25) is 0 Å². The predicted octanol–water partition coefficient (Wildman–Crippen LogP) is 4.05. The molecule has 1 amide bonds. The monoisotopic (exact) mass is 353 g/mol. The number of rotatable bonds is 7. The lowest BCUT2D eigenvalue weighted by atomic mass is 9.96. The van der Waals surface area contributed by atoms with E-state index < -0.39 is 4.92 Å². The van der Waals surface area contributed by atoms with Gasteiger partial charge in [0.05, 0.1) is 22.6 Å². The average Bonchev–Trinajstić information content (AvgIpc) is 2.61. The normalized spacial score (nSPS) is 12.3. The summed E-state index contributed by atoms with van der Waals surface area (Å²) in [7, 11) is 0. The lowest BCUT2D eigenvalue weighted by Gasteiger charge is -2.11. The van der Waals surface area contributed by atoms with Crippen LogP contribution in [-0.4, -0.2) is 17.0 Å². The van der Waals surface area contributed by atoms with Gasteiger partial charge in [-0.25, -0.2) is 5.43 Å². The largest absolute Gasteiger partial charge is 0.278 e. The molecule has 6 nitrogen and oxygen atoms in total. The first kappa shape index (κ1) is 19.3. The Morgan fingerprint density at radius 2 is 1.81 bits per heavy atom. The van der Waals surface area contributed by atoms with Crippen LogP contribution in [0, 0.1) is 16.0 Å². The summed E-state index contributed by atoms with van der Waals surface area (Å²) in [4.78, 5) is 22.7. The van der Waals surface area contributed by atoms with Crippen LogP contribution in [-0.2, 0) is 11.2 Å². The molecular formula is C20H23N3O3. The zero-order chi connectivity index (χ0) is 19.1. The number of carbonyl (C=O) groups is 1. The van der Waals surface area contributed by atoms with E-state index in [1.54, 1.807) is 25.1 Å². The molecule has 0 saturated carbocycles. The highest BCUT2D eigenvalue weighted by Crippen LogP contribution is 2.18. The van der Waals surface area contributed by atoms with Crippen molar-refractivity contribution in [3.8, 4) is 0 Å². The van der Waals surface area contributed by atoms with Crippen molar-refractivity contribution in [1.82, 2.24) is 5.43 Å². The van der Waals surface area contributed by atoms with Crippen LogP contribution in [0.5, 0.6) is 0 Å². The van der Waals surface area contributed by atoms with E-state index >= 15 is 0 Å². The molecule has 0 saturated heterocycles. The van der Waals surface area contributed by atoms with Crippen molar-refractivity contribution in [2.75, 3.05) is 0 Å². The minimum Gasteiger partial charge on any atom is -0.272 e. The molecule has 0 radical (unpaired) electrons. The van der Waals surface area contributed by atoms with Crippen LogP contribution in [0.25, 0.3) is 0 Å². The molecule has 0 fully saturated rings. The fourth-order valence-electron chi connectivity index (χ4n) is 2.59. The quantitative estimate of drug-likeness (QED) is 0.463. The molecule has 2 aromatic rings. The van der Waals surface area contributed by atoms with E-state index in [9.17, 15) is 14.9 Å². The smallest absolute Gasteiger partial charge is 0.272 e. The Bertz CT molecular complexity index is 798. The van der Waals surface area contributed by atoms with Crippen LogP contribution < -0.4 is 5.43 Å².